The molecule has 0 saturated heterocycles. The number of hydrogen-bond acceptors (Lipinski definition) is 3. The van der Waals surface area contributed by atoms with Crippen molar-refractivity contribution in [1.29, 1.82) is 0 Å². The SMILES string of the molecule is Cc1cccc(NC(=O)CNC(=O)CN(C(=O)C2CCC2)C2CC2)c1. The van der Waals surface area contributed by atoms with Crippen LogP contribution in [-0.4, -0.2) is 41.8 Å². The van der Waals surface area contributed by atoms with Crippen molar-refractivity contribution in [3.63, 3.8) is 0 Å². The number of aryl methyl sites for hydroxylation is 1. The first kappa shape index (κ1) is 17.5. The summed E-state index contributed by atoms with van der Waals surface area (Å²) in [5.74, 6) is -0.354. The van der Waals surface area contributed by atoms with Crippen LogP contribution < -0.4 is 10.6 Å². The molecule has 134 valence electrons. The summed E-state index contributed by atoms with van der Waals surface area (Å²) < 4.78 is 0. The summed E-state index contributed by atoms with van der Waals surface area (Å²) in [4.78, 5) is 38.2. The van der Waals surface area contributed by atoms with Gasteiger partial charge in [0, 0.05) is 17.6 Å². The molecular formula is C19H25N3O3. The third kappa shape index (κ3) is 4.81. The second-order valence-corrected chi connectivity index (χ2v) is 7.02. The monoisotopic (exact) mass is 343 g/mol. The molecule has 0 spiro atoms. The number of nitrogens with zero attached hydrogens (tertiary/aromatic N) is 1. The molecule has 2 fully saturated rings. The van der Waals surface area contributed by atoms with Crippen LogP contribution in [0, 0.1) is 12.8 Å². The summed E-state index contributed by atoms with van der Waals surface area (Å²) in [5, 5.41) is 5.37. The fourth-order valence-corrected chi connectivity index (χ4v) is 2.98. The van der Waals surface area contributed by atoms with Gasteiger partial charge in [-0.25, -0.2) is 0 Å². The van der Waals surface area contributed by atoms with Gasteiger partial charge in [-0.15, -0.1) is 0 Å². The lowest BCUT2D eigenvalue weighted by Gasteiger charge is -2.31. The maximum Gasteiger partial charge on any atom is 0.243 e. The molecule has 0 aliphatic heterocycles. The summed E-state index contributed by atoms with van der Waals surface area (Å²) in [6, 6.07) is 7.69. The summed E-state index contributed by atoms with van der Waals surface area (Å²) in [6.45, 7) is 1.91. The highest BCUT2D eigenvalue weighted by atomic mass is 16.2. The van der Waals surface area contributed by atoms with E-state index < -0.39 is 0 Å². The van der Waals surface area contributed by atoms with Crippen molar-refractivity contribution in [2.75, 3.05) is 18.4 Å². The van der Waals surface area contributed by atoms with E-state index in [0.29, 0.717) is 5.69 Å². The number of nitrogens with one attached hydrogen (secondary N) is 2. The average molecular weight is 343 g/mol. The summed E-state index contributed by atoms with van der Waals surface area (Å²) in [7, 11) is 0. The van der Waals surface area contributed by atoms with Gasteiger partial charge in [-0.1, -0.05) is 18.6 Å². The molecule has 1 aromatic carbocycles. The predicted molar refractivity (Wildman–Crippen MR) is 94.9 cm³/mol. The van der Waals surface area contributed by atoms with E-state index in [1.807, 2.05) is 25.1 Å². The smallest absolute Gasteiger partial charge is 0.243 e. The van der Waals surface area contributed by atoms with Crippen molar-refractivity contribution < 1.29 is 14.4 Å². The predicted octanol–water partition coefficient (Wildman–Crippen LogP) is 1.84. The molecule has 1 aromatic rings. The quantitative estimate of drug-likeness (QED) is 0.793. The molecule has 2 aliphatic carbocycles. The third-order valence-electron chi connectivity index (χ3n) is 4.79. The second kappa shape index (κ2) is 7.68. The topological polar surface area (TPSA) is 78.5 Å². The highest BCUT2D eigenvalue weighted by molar-refractivity contribution is 5.95. The zero-order chi connectivity index (χ0) is 17.8. The Morgan fingerprint density at radius 1 is 1.12 bits per heavy atom. The lowest BCUT2D eigenvalue weighted by Crippen LogP contribution is -2.46. The highest BCUT2D eigenvalue weighted by Gasteiger charge is 2.38. The first-order chi connectivity index (χ1) is 12.0. The van der Waals surface area contributed by atoms with Crippen molar-refractivity contribution in [2.24, 2.45) is 5.92 Å². The van der Waals surface area contributed by atoms with E-state index in [-0.39, 0.29) is 42.8 Å². The molecule has 6 heteroatoms. The largest absolute Gasteiger partial charge is 0.345 e. The molecule has 2 N–H and O–H groups in total. The van der Waals surface area contributed by atoms with Crippen LogP contribution in [-0.2, 0) is 14.4 Å². The van der Waals surface area contributed by atoms with Crippen LogP contribution in [0.4, 0.5) is 5.69 Å². The fourth-order valence-electron chi connectivity index (χ4n) is 2.98. The van der Waals surface area contributed by atoms with E-state index in [1.165, 1.54) is 0 Å². The second-order valence-electron chi connectivity index (χ2n) is 7.02. The van der Waals surface area contributed by atoms with Gasteiger partial charge in [0.05, 0.1) is 13.1 Å². The summed E-state index contributed by atoms with van der Waals surface area (Å²) in [6.07, 6.45) is 4.91. The van der Waals surface area contributed by atoms with Gasteiger partial charge in [-0.2, -0.15) is 0 Å². The van der Waals surface area contributed by atoms with Crippen molar-refractivity contribution >= 4 is 23.4 Å². The van der Waals surface area contributed by atoms with E-state index in [9.17, 15) is 14.4 Å². The lowest BCUT2D eigenvalue weighted by molar-refractivity contribution is -0.142. The van der Waals surface area contributed by atoms with Crippen LogP contribution in [0.5, 0.6) is 0 Å². The van der Waals surface area contributed by atoms with E-state index in [2.05, 4.69) is 10.6 Å². The minimum Gasteiger partial charge on any atom is -0.345 e. The van der Waals surface area contributed by atoms with Crippen molar-refractivity contribution in [2.45, 2.75) is 45.1 Å². The van der Waals surface area contributed by atoms with Crippen LogP contribution >= 0.6 is 0 Å². The fraction of sp³-hybridized carbons (Fsp3) is 0.526. The first-order valence-corrected chi connectivity index (χ1v) is 8.96. The molecule has 0 heterocycles. The molecule has 0 aromatic heterocycles. The number of amides is 3. The van der Waals surface area contributed by atoms with Gasteiger partial charge in [0.15, 0.2) is 0 Å². The minimum atomic E-state index is -0.279. The molecule has 0 atom stereocenters. The van der Waals surface area contributed by atoms with Crippen LogP contribution in [0.15, 0.2) is 24.3 Å². The summed E-state index contributed by atoms with van der Waals surface area (Å²) in [5.41, 5.74) is 1.76. The molecule has 3 amide bonds. The minimum absolute atomic E-state index is 0.0533. The van der Waals surface area contributed by atoms with Gasteiger partial charge >= 0.3 is 0 Å². The Labute approximate surface area is 148 Å². The van der Waals surface area contributed by atoms with Crippen LogP contribution in [0.3, 0.4) is 0 Å². The molecular weight excluding hydrogens is 318 g/mol. The van der Waals surface area contributed by atoms with Crippen LogP contribution in [0.25, 0.3) is 0 Å². The molecule has 6 nitrogen and oxygen atoms in total. The van der Waals surface area contributed by atoms with Crippen LogP contribution in [0.2, 0.25) is 0 Å². The molecule has 0 bridgehead atoms. The molecule has 2 saturated carbocycles. The van der Waals surface area contributed by atoms with E-state index in [1.54, 1.807) is 11.0 Å². The zero-order valence-electron chi connectivity index (χ0n) is 14.6. The van der Waals surface area contributed by atoms with Gasteiger partial charge in [0.25, 0.3) is 0 Å². The maximum absolute atomic E-state index is 12.4. The number of hydrogen-bond donors (Lipinski definition) is 2. The van der Waals surface area contributed by atoms with Gasteiger partial charge in [-0.05, 0) is 50.3 Å². The molecule has 0 unspecified atom stereocenters. The van der Waals surface area contributed by atoms with Crippen LogP contribution in [0.1, 0.15) is 37.7 Å². The van der Waals surface area contributed by atoms with Gasteiger partial charge < -0.3 is 15.5 Å². The number of carbonyl (C=O) groups excluding carboxylic acids is 3. The number of anilines is 1. The lowest BCUT2D eigenvalue weighted by atomic mass is 9.84. The van der Waals surface area contributed by atoms with Gasteiger partial charge in [0.2, 0.25) is 17.7 Å². The zero-order valence-corrected chi connectivity index (χ0v) is 14.6. The highest BCUT2D eigenvalue weighted by Crippen LogP contribution is 2.33. The van der Waals surface area contributed by atoms with E-state index in [4.69, 9.17) is 0 Å². The average Bonchev–Trinajstić information content (AvgIpc) is 3.33. The number of carbonyl (C=O) groups is 3. The van der Waals surface area contributed by atoms with Gasteiger partial charge in [-0.3, -0.25) is 14.4 Å². The first-order valence-electron chi connectivity index (χ1n) is 8.96. The molecule has 3 rings (SSSR count). The van der Waals surface area contributed by atoms with Crippen molar-refractivity contribution in [3.8, 4) is 0 Å². The Morgan fingerprint density at radius 3 is 2.48 bits per heavy atom. The Kier molecular flexibility index (Phi) is 5.36. The Hall–Kier alpha value is -2.37. The molecule has 0 radical (unpaired) electrons. The van der Waals surface area contributed by atoms with Crippen molar-refractivity contribution in [3.05, 3.63) is 29.8 Å². The number of benzene rings is 1. The van der Waals surface area contributed by atoms with E-state index in [0.717, 1.165) is 37.7 Å². The van der Waals surface area contributed by atoms with Gasteiger partial charge in [0.1, 0.15) is 0 Å². The Morgan fingerprint density at radius 2 is 1.88 bits per heavy atom. The van der Waals surface area contributed by atoms with E-state index >= 15 is 0 Å². The standard InChI is InChI=1S/C19H25N3O3/c1-13-4-2-7-15(10-13)21-17(23)11-20-18(24)12-22(16-8-9-16)19(25)14-5-3-6-14/h2,4,7,10,14,16H,3,5-6,8-9,11-12H2,1H3,(H,20,24)(H,21,23). The maximum atomic E-state index is 12.4. The Balaban J connectivity index is 1.44. The molecule has 25 heavy (non-hydrogen) atoms. The Bertz CT molecular complexity index is 666. The number of rotatable bonds is 7. The normalized spacial score (nSPS) is 16.7. The summed E-state index contributed by atoms with van der Waals surface area (Å²) >= 11 is 0. The van der Waals surface area contributed by atoms with Crippen molar-refractivity contribution in [1.82, 2.24) is 10.2 Å². The molecule has 2 aliphatic rings. The third-order valence-corrected chi connectivity index (χ3v) is 4.79.